The van der Waals surface area contributed by atoms with Gasteiger partial charge in [0.05, 0.1) is 22.8 Å². The Hall–Kier alpha value is -1.42. The number of aryl methyl sites for hydroxylation is 1. The van der Waals surface area contributed by atoms with Crippen LogP contribution in [0.3, 0.4) is 0 Å². The van der Waals surface area contributed by atoms with Crippen molar-refractivity contribution in [1.29, 1.82) is 0 Å². The minimum absolute atomic E-state index is 0.0822. The highest BCUT2D eigenvalue weighted by Crippen LogP contribution is 2.40. The molecule has 162 valence electrons. The zero-order valence-corrected chi connectivity index (χ0v) is 20.9. The van der Waals surface area contributed by atoms with Crippen LogP contribution in [0, 0.1) is 0 Å². The predicted octanol–water partition coefficient (Wildman–Crippen LogP) is 4.95. The van der Waals surface area contributed by atoms with E-state index in [0.29, 0.717) is 13.1 Å². The van der Waals surface area contributed by atoms with E-state index in [-0.39, 0.29) is 17.2 Å². The molecular weight excluding hydrogens is 404 g/mol. The highest BCUT2D eigenvalue weighted by atomic mass is 32.1. The number of hydrogen-bond donors (Lipinski definition) is 1. The summed E-state index contributed by atoms with van der Waals surface area (Å²) in [6, 6.07) is -0.135. The first kappa shape index (κ1) is 22.3. The van der Waals surface area contributed by atoms with E-state index in [1.807, 2.05) is 33.3 Å². The fourth-order valence-corrected chi connectivity index (χ4v) is 4.83. The minimum Gasteiger partial charge on any atom is -0.444 e. The SMILES string of the molecule is Cn1c2c(c3scnc31)C(NO[Si](C)(C)C(C)(C)C)CN(C(=O)OC(C)(C)C)C2. The molecule has 1 aliphatic rings. The average molecular weight is 439 g/mol. The van der Waals surface area contributed by atoms with Gasteiger partial charge in [-0.1, -0.05) is 20.8 Å². The van der Waals surface area contributed by atoms with Crippen molar-refractivity contribution in [3.8, 4) is 0 Å². The van der Waals surface area contributed by atoms with E-state index in [1.165, 1.54) is 5.56 Å². The maximum absolute atomic E-state index is 12.8. The lowest BCUT2D eigenvalue weighted by molar-refractivity contribution is 0.0137. The summed E-state index contributed by atoms with van der Waals surface area (Å²) < 4.78 is 15.2. The second-order valence-corrected chi connectivity index (χ2v) is 15.9. The van der Waals surface area contributed by atoms with E-state index < -0.39 is 13.9 Å². The molecule has 0 aliphatic carbocycles. The third-order valence-corrected chi connectivity index (χ3v) is 10.9. The summed E-state index contributed by atoms with van der Waals surface area (Å²) in [5, 5.41) is 0.0822. The van der Waals surface area contributed by atoms with E-state index in [9.17, 15) is 4.79 Å². The molecule has 0 fully saturated rings. The standard InChI is InChI=1S/C20H34N4O3SSi/c1-19(2,3)26-18(25)24-10-13(22-27-29(8,9)20(4,5)6)15-14(11-24)23(7)17-16(15)28-12-21-17/h12-13,22H,10-11H2,1-9H3. The Morgan fingerprint density at radius 3 is 2.52 bits per heavy atom. The molecule has 3 heterocycles. The van der Waals surface area contributed by atoms with Gasteiger partial charge in [-0.2, -0.15) is 0 Å². The fourth-order valence-electron chi connectivity index (χ4n) is 3.14. The molecule has 1 amide bonds. The smallest absolute Gasteiger partial charge is 0.410 e. The number of rotatable bonds is 3. The van der Waals surface area contributed by atoms with Crippen molar-refractivity contribution in [3.05, 3.63) is 16.8 Å². The van der Waals surface area contributed by atoms with E-state index >= 15 is 0 Å². The number of hydrogen-bond acceptors (Lipinski definition) is 6. The molecule has 2 aromatic heterocycles. The molecule has 0 radical (unpaired) electrons. The monoisotopic (exact) mass is 438 g/mol. The van der Waals surface area contributed by atoms with E-state index in [4.69, 9.17) is 9.26 Å². The number of hydroxylamine groups is 1. The van der Waals surface area contributed by atoms with Gasteiger partial charge in [0.15, 0.2) is 5.65 Å². The summed E-state index contributed by atoms with van der Waals surface area (Å²) in [6.07, 6.45) is -0.306. The quantitative estimate of drug-likeness (QED) is 0.542. The number of carbonyl (C=O) groups excluding carboxylic acids is 1. The Morgan fingerprint density at radius 2 is 1.93 bits per heavy atom. The van der Waals surface area contributed by atoms with Crippen LogP contribution in [-0.4, -0.2) is 41.0 Å². The van der Waals surface area contributed by atoms with Gasteiger partial charge in [-0.25, -0.2) is 15.3 Å². The van der Waals surface area contributed by atoms with Gasteiger partial charge in [0.2, 0.25) is 8.32 Å². The minimum atomic E-state index is -2.01. The molecule has 1 N–H and O–H groups in total. The van der Waals surface area contributed by atoms with Crippen LogP contribution < -0.4 is 5.48 Å². The molecule has 1 atom stereocenters. The van der Waals surface area contributed by atoms with Crippen LogP contribution in [0.2, 0.25) is 18.1 Å². The summed E-state index contributed by atoms with van der Waals surface area (Å²) in [7, 11) is -0.00176. The van der Waals surface area contributed by atoms with Gasteiger partial charge in [-0.3, -0.25) is 0 Å². The summed E-state index contributed by atoms with van der Waals surface area (Å²) in [6.45, 7) is 17.7. The highest BCUT2D eigenvalue weighted by molar-refractivity contribution is 7.17. The zero-order valence-electron chi connectivity index (χ0n) is 19.0. The molecule has 1 aliphatic heterocycles. The molecule has 0 saturated carbocycles. The first-order valence-electron chi connectivity index (χ1n) is 10.0. The lowest BCUT2D eigenvalue weighted by Gasteiger charge is -2.39. The van der Waals surface area contributed by atoms with Crippen molar-refractivity contribution in [2.45, 2.75) is 77.9 Å². The van der Waals surface area contributed by atoms with Crippen molar-refractivity contribution in [1.82, 2.24) is 19.9 Å². The average Bonchev–Trinajstić information content (AvgIpc) is 3.13. The maximum Gasteiger partial charge on any atom is 0.410 e. The molecule has 0 spiro atoms. The van der Waals surface area contributed by atoms with Gasteiger partial charge in [0, 0.05) is 24.8 Å². The Kier molecular flexibility index (Phi) is 5.66. The van der Waals surface area contributed by atoms with Crippen LogP contribution in [0.5, 0.6) is 0 Å². The molecule has 3 rings (SSSR count). The highest BCUT2D eigenvalue weighted by Gasteiger charge is 2.41. The van der Waals surface area contributed by atoms with Crippen LogP contribution in [-0.2, 0) is 22.9 Å². The van der Waals surface area contributed by atoms with Crippen molar-refractivity contribution in [2.75, 3.05) is 6.54 Å². The van der Waals surface area contributed by atoms with Crippen LogP contribution in [0.1, 0.15) is 58.8 Å². The number of nitrogens with one attached hydrogen (secondary N) is 1. The molecule has 0 aromatic carbocycles. The van der Waals surface area contributed by atoms with Crippen molar-refractivity contribution >= 4 is 36.1 Å². The Morgan fingerprint density at radius 1 is 1.28 bits per heavy atom. The number of ether oxygens (including phenoxy) is 1. The summed E-state index contributed by atoms with van der Waals surface area (Å²) in [5.41, 5.74) is 7.89. The van der Waals surface area contributed by atoms with Crippen LogP contribution in [0.15, 0.2) is 5.51 Å². The third kappa shape index (κ3) is 4.37. The summed E-state index contributed by atoms with van der Waals surface area (Å²) in [5.74, 6) is 0. The van der Waals surface area contributed by atoms with Gasteiger partial charge in [-0.15, -0.1) is 11.3 Å². The zero-order chi connectivity index (χ0) is 21.8. The molecular formula is C20H34N4O3SSi. The van der Waals surface area contributed by atoms with Gasteiger partial charge in [0.1, 0.15) is 5.60 Å². The van der Waals surface area contributed by atoms with Crippen molar-refractivity contribution < 1.29 is 14.1 Å². The second-order valence-electron chi connectivity index (χ2n) is 10.3. The van der Waals surface area contributed by atoms with E-state index in [0.717, 1.165) is 16.0 Å². The Bertz CT molecular complexity index is 907. The fraction of sp³-hybridized carbons (Fsp3) is 0.700. The van der Waals surface area contributed by atoms with Gasteiger partial charge >= 0.3 is 6.09 Å². The number of amides is 1. The van der Waals surface area contributed by atoms with Crippen molar-refractivity contribution in [2.24, 2.45) is 7.05 Å². The number of fused-ring (bicyclic) bond motifs is 3. The lowest BCUT2D eigenvalue weighted by Crippen LogP contribution is -2.50. The Labute approximate surface area is 178 Å². The van der Waals surface area contributed by atoms with Gasteiger partial charge < -0.3 is 18.7 Å². The topological polar surface area (TPSA) is 68.6 Å². The third-order valence-electron chi connectivity index (χ3n) is 5.83. The normalized spacial score (nSPS) is 18.2. The first-order valence-corrected chi connectivity index (χ1v) is 13.8. The first-order chi connectivity index (χ1) is 13.2. The summed E-state index contributed by atoms with van der Waals surface area (Å²) in [4.78, 5) is 19.1. The largest absolute Gasteiger partial charge is 0.444 e. The Balaban J connectivity index is 1.94. The number of thiazole rings is 1. The lowest BCUT2D eigenvalue weighted by atomic mass is 10.0. The molecule has 0 bridgehead atoms. The van der Waals surface area contributed by atoms with Gasteiger partial charge in [0.25, 0.3) is 0 Å². The maximum atomic E-state index is 12.8. The van der Waals surface area contributed by atoms with Crippen LogP contribution in [0.25, 0.3) is 10.3 Å². The van der Waals surface area contributed by atoms with Crippen LogP contribution in [0.4, 0.5) is 4.79 Å². The molecule has 2 aromatic rings. The van der Waals surface area contributed by atoms with Gasteiger partial charge in [-0.05, 0) is 38.9 Å². The van der Waals surface area contributed by atoms with E-state index in [2.05, 4.69) is 48.9 Å². The molecule has 7 nitrogen and oxygen atoms in total. The predicted molar refractivity (Wildman–Crippen MR) is 119 cm³/mol. The second kappa shape index (κ2) is 7.37. The van der Waals surface area contributed by atoms with E-state index in [1.54, 1.807) is 16.2 Å². The number of aromatic nitrogens is 2. The number of carbonyl (C=O) groups is 1. The molecule has 0 saturated heterocycles. The van der Waals surface area contributed by atoms with Crippen LogP contribution >= 0.6 is 11.3 Å². The molecule has 29 heavy (non-hydrogen) atoms. The molecule has 9 heteroatoms. The molecule has 1 unspecified atom stereocenters. The number of nitrogens with zero attached hydrogens (tertiary/aromatic N) is 3. The van der Waals surface area contributed by atoms with Crippen molar-refractivity contribution in [3.63, 3.8) is 0 Å². The summed E-state index contributed by atoms with van der Waals surface area (Å²) >= 11 is 1.63.